The van der Waals surface area contributed by atoms with Gasteiger partial charge in [-0.2, -0.15) is 0 Å². The van der Waals surface area contributed by atoms with Crippen LogP contribution in [0.5, 0.6) is 11.5 Å². The predicted octanol–water partition coefficient (Wildman–Crippen LogP) is 5.14. The number of hydrogen-bond donors (Lipinski definition) is 2. The van der Waals surface area contributed by atoms with Gasteiger partial charge in [-0.1, -0.05) is 19.9 Å². The lowest BCUT2D eigenvalue weighted by Crippen LogP contribution is -2.27. The molecule has 6 nitrogen and oxygen atoms in total. The molecule has 5 rings (SSSR count). The highest BCUT2D eigenvalue weighted by molar-refractivity contribution is 6.02. The molecule has 0 unspecified atom stereocenters. The number of aliphatic hydroxyl groups excluding tert-OH is 1. The highest BCUT2D eigenvalue weighted by Gasteiger charge is 2.52. The number of nitrogens with one attached hydrogen (secondary N) is 1. The Labute approximate surface area is 190 Å². The van der Waals surface area contributed by atoms with Crippen LogP contribution in [0.4, 0.5) is 14.5 Å². The maximum absolute atomic E-state index is 13.4. The van der Waals surface area contributed by atoms with E-state index in [1.54, 1.807) is 13.0 Å². The van der Waals surface area contributed by atoms with Gasteiger partial charge in [0.05, 0.1) is 11.5 Å². The Morgan fingerprint density at radius 3 is 2.48 bits per heavy atom. The van der Waals surface area contributed by atoms with Crippen LogP contribution in [0.3, 0.4) is 0 Å². The molecule has 1 atom stereocenters. The molecule has 2 aromatic carbocycles. The molecule has 0 spiro atoms. The van der Waals surface area contributed by atoms with E-state index in [0.717, 1.165) is 16.6 Å². The van der Waals surface area contributed by atoms with E-state index in [-0.39, 0.29) is 23.3 Å². The molecule has 2 N–H and O–H groups in total. The first-order chi connectivity index (χ1) is 15.6. The number of hydrogen-bond acceptors (Lipinski definition) is 4. The Morgan fingerprint density at radius 2 is 1.82 bits per heavy atom. The molecule has 1 aliphatic carbocycles. The summed E-state index contributed by atoms with van der Waals surface area (Å²) in [4.78, 5) is 13.2. The van der Waals surface area contributed by atoms with Gasteiger partial charge >= 0.3 is 6.29 Å². The second-order valence-electron chi connectivity index (χ2n) is 9.32. The summed E-state index contributed by atoms with van der Waals surface area (Å²) in [5.41, 5.74) is 2.63. The van der Waals surface area contributed by atoms with Crippen LogP contribution in [-0.2, 0) is 16.8 Å². The number of benzene rings is 2. The summed E-state index contributed by atoms with van der Waals surface area (Å²) in [6.45, 7) is 6.47. The molecule has 33 heavy (non-hydrogen) atoms. The van der Waals surface area contributed by atoms with Crippen molar-refractivity contribution in [1.82, 2.24) is 4.57 Å². The van der Waals surface area contributed by atoms with Crippen molar-refractivity contribution >= 4 is 22.5 Å². The van der Waals surface area contributed by atoms with Crippen LogP contribution in [0.1, 0.15) is 50.8 Å². The van der Waals surface area contributed by atoms with Crippen molar-refractivity contribution < 1.29 is 28.2 Å². The number of fused-ring (bicyclic) bond motifs is 2. The van der Waals surface area contributed by atoms with Crippen LogP contribution in [-0.4, -0.2) is 28.0 Å². The highest BCUT2D eigenvalue weighted by Crippen LogP contribution is 2.52. The maximum atomic E-state index is 13.4. The second-order valence-corrected chi connectivity index (χ2v) is 9.32. The lowest BCUT2D eigenvalue weighted by atomic mass is 9.94. The summed E-state index contributed by atoms with van der Waals surface area (Å²) in [7, 11) is 0. The van der Waals surface area contributed by atoms with Gasteiger partial charge in [-0.15, -0.1) is 8.78 Å². The van der Waals surface area contributed by atoms with E-state index < -0.39 is 17.8 Å². The van der Waals surface area contributed by atoms with Gasteiger partial charge in [0.15, 0.2) is 11.5 Å². The van der Waals surface area contributed by atoms with Gasteiger partial charge in [-0.05, 0) is 67.6 Å². The number of carbonyl (C=O) groups is 1. The predicted molar refractivity (Wildman–Crippen MR) is 120 cm³/mol. The lowest BCUT2D eigenvalue weighted by molar-refractivity contribution is -0.286. The fraction of sp³-hybridized carbons (Fsp3) is 0.400. The van der Waals surface area contributed by atoms with E-state index in [9.17, 15) is 18.7 Å². The van der Waals surface area contributed by atoms with Crippen LogP contribution >= 0.6 is 0 Å². The lowest BCUT2D eigenvalue weighted by Gasteiger charge is -2.17. The fourth-order valence-corrected chi connectivity index (χ4v) is 4.59. The summed E-state index contributed by atoms with van der Waals surface area (Å²) in [5.74, 6) is 0.00835. The SMILES string of the molecule is CC(C)c1cc2cc(NC(=O)C3(c4ccc5c(c4)OC(F)(F)O5)CC3)ccc2n1C[C@H](C)O. The Bertz CT molecular complexity index is 1240. The largest absolute Gasteiger partial charge is 0.586 e. The Hall–Kier alpha value is -3.13. The smallest absolute Gasteiger partial charge is 0.395 e. The molecular weight excluding hydrogens is 430 g/mol. The van der Waals surface area contributed by atoms with Crippen LogP contribution in [0.15, 0.2) is 42.5 Å². The quantitative estimate of drug-likeness (QED) is 0.539. The monoisotopic (exact) mass is 456 g/mol. The third-order valence-electron chi connectivity index (χ3n) is 6.37. The standard InChI is InChI=1S/C25H26F2N2O4/c1-14(2)20-11-16-10-18(5-6-19(16)29(20)13-15(3)30)28-23(31)24(8-9-24)17-4-7-21-22(12-17)33-25(26,27)32-21/h4-7,10-12,14-15,30H,8-9,13H2,1-3H3,(H,28,31)/t15-/m0/s1. The van der Waals surface area contributed by atoms with Crippen molar-refractivity contribution in [3.8, 4) is 11.5 Å². The molecule has 174 valence electrons. The van der Waals surface area contributed by atoms with E-state index in [2.05, 4.69) is 39.3 Å². The normalized spacial score (nSPS) is 18.5. The summed E-state index contributed by atoms with van der Waals surface area (Å²) in [6, 6.07) is 12.3. The van der Waals surface area contributed by atoms with E-state index in [4.69, 9.17) is 0 Å². The summed E-state index contributed by atoms with van der Waals surface area (Å²) >= 11 is 0. The van der Waals surface area contributed by atoms with E-state index >= 15 is 0 Å². The third-order valence-corrected chi connectivity index (χ3v) is 6.37. The number of ether oxygens (including phenoxy) is 2. The first-order valence-electron chi connectivity index (χ1n) is 11.1. The van der Waals surface area contributed by atoms with Gasteiger partial charge in [0.25, 0.3) is 0 Å². The minimum Gasteiger partial charge on any atom is -0.395 e. The Kier molecular flexibility index (Phi) is 4.90. The number of alkyl halides is 2. The minimum absolute atomic E-state index is 0.0342. The molecule has 0 bridgehead atoms. The number of anilines is 1. The van der Waals surface area contributed by atoms with E-state index in [0.29, 0.717) is 30.6 Å². The van der Waals surface area contributed by atoms with Gasteiger partial charge in [0.2, 0.25) is 5.91 Å². The molecule has 2 aliphatic rings. The number of aromatic nitrogens is 1. The van der Waals surface area contributed by atoms with Crippen molar-refractivity contribution in [3.63, 3.8) is 0 Å². The zero-order valence-electron chi connectivity index (χ0n) is 18.7. The second kappa shape index (κ2) is 7.45. The third kappa shape index (κ3) is 3.82. The molecule has 8 heteroatoms. The number of rotatable bonds is 6. The molecule has 0 radical (unpaired) electrons. The van der Waals surface area contributed by atoms with Crippen molar-refractivity contribution in [2.75, 3.05) is 5.32 Å². The highest BCUT2D eigenvalue weighted by atomic mass is 19.3. The summed E-state index contributed by atoms with van der Waals surface area (Å²) < 4.78 is 37.9. The minimum atomic E-state index is -3.69. The molecule has 1 saturated carbocycles. The molecule has 2 heterocycles. The Morgan fingerprint density at radius 1 is 1.09 bits per heavy atom. The average Bonchev–Trinajstić information content (AvgIpc) is 3.38. The number of halogens is 2. The van der Waals surface area contributed by atoms with Crippen molar-refractivity contribution in [1.29, 1.82) is 0 Å². The van der Waals surface area contributed by atoms with Gasteiger partial charge in [0, 0.05) is 28.8 Å². The van der Waals surface area contributed by atoms with Gasteiger partial charge in [-0.25, -0.2) is 0 Å². The van der Waals surface area contributed by atoms with Gasteiger partial charge in [0.1, 0.15) is 0 Å². The van der Waals surface area contributed by atoms with Crippen molar-refractivity contribution in [3.05, 3.63) is 53.7 Å². The van der Waals surface area contributed by atoms with Gasteiger partial charge in [-0.3, -0.25) is 4.79 Å². The summed E-state index contributed by atoms with van der Waals surface area (Å²) in [6.07, 6.45) is -2.92. The molecule has 1 aromatic heterocycles. The number of aliphatic hydroxyl groups is 1. The van der Waals surface area contributed by atoms with E-state index in [1.807, 2.05) is 18.2 Å². The molecule has 1 amide bonds. The number of amides is 1. The molecular formula is C25H26F2N2O4. The maximum Gasteiger partial charge on any atom is 0.586 e. The van der Waals surface area contributed by atoms with Crippen LogP contribution < -0.4 is 14.8 Å². The average molecular weight is 456 g/mol. The van der Waals surface area contributed by atoms with E-state index in [1.165, 1.54) is 12.1 Å². The fourth-order valence-electron chi connectivity index (χ4n) is 4.59. The number of nitrogens with zero attached hydrogens (tertiary/aromatic N) is 1. The van der Waals surface area contributed by atoms with Crippen LogP contribution in [0.2, 0.25) is 0 Å². The topological polar surface area (TPSA) is 72.7 Å². The molecule has 3 aromatic rings. The Balaban J connectivity index is 1.40. The number of carbonyl (C=O) groups excluding carboxylic acids is 1. The zero-order valence-corrected chi connectivity index (χ0v) is 18.7. The van der Waals surface area contributed by atoms with Gasteiger partial charge < -0.3 is 24.5 Å². The van der Waals surface area contributed by atoms with Crippen molar-refractivity contribution in [2.24, 2.45) is 0 Å². The molecule has 1 fully saturated rings. The first-order valence-corrected chi connectivity index (χ1v) is 11.1. The van der Waals surface area contributed by atoms with Crippen LogP contribution in [0.25, 0.3) is 10.9 Å². The zero-order chi connectivity index (χ0) is 23.5. The molecule has 0 saturated heterocycles. The first kappa shape index (κ1) is 21.7. The van der Waals surface area contributed by atoms with Crippen LogP contribution in [0, 0.1) is 0 Å². The van der Waals surface area contributed by atoms with Crippen molar-refractivity contribution in [2.45, 2.75) is 63.9 Å². The molecule has 1 aliphatic heterocycles. The summed E-state index contributed by atoms with van der Waals surface area (Å²) in [5, 5.41) is 13.9.